The van der Waals surface area contributed by atoms with E-state index < -0.39 is 17.6 Å². The van der Waals surface area contributed by atoms with Gasteiger partial charge in [0.1, 0.15) is 0 Å². The van der Waals surface area contributed by atoms with Crippen LogP contribution in [-0.4, -0.2) is 33.1 Å². The Balaban J connectivity index is 1.74. The van der Waals surface area contributed by atoms with Crippen molar-refractivity contribution in [2.75, 3.05) is 7.05 Å². The first-order valence-electron chi connectivity index (χ1n) is 8.00. The molecular formula is C18H12Cl2F3N3O3. The van der Waals surface area contributed by atoms with Gasteiger partial charge in [0.05, 0.1) is 15.6 Å². The largest absolute Gasteiger partial charge is 0.505 e. The van der Waals surface area contributed by atoms with Gasteiger partial charge >= 0.3 is 6.18 Å². The van der Waals surface area contributed by atoms with Gasteiger partial charge in [-0.3, -0.25) is 4.79 Å². The molecule has 0 aliphatic carbocycles. The monoisotopic (exact) mass is 445 g/mol. The molecule has 1 aromatic heterocycles. The lowest BCUT2D eigenvalue weighted by Crippen LogP contribution is -2.27. The zero-order chi connectivity index (χ0) is 21.3. The highest BCUT2D eigenvalue weighted by atomic mass is 35.5. The molecule has 0 unspecified atom stereocenters. The average molecular weight is 446 g/mol. The van der Waals surface area contributed by atoms with Gasteiger partial charge in [-0.15, -0.1) is 0 Å². The molecule has 0 radical (unpaired) electrons. The van der Waals surface area contributed by atoms with E-state index >= 15 is 0 Å². The second-order valence-corrected chi connectivity index (χ2v) is 6.88. The second kappa shape index (κ2) is 7.92. The van der Waals surface area contributed by atoms with E-state index in [2.05, 4.69) is 10.1 Å². The fourth-order valence-corrected chi connectivity index (χ4v) is 2.92. The number of nitrogens with zero attached hydrogens (tertiary/aromatic N) is 3. The number of halogens is 5. The average Bonchev–Trinajstić information content (AvgIpc) is 3.15. The summed E-state index contributed by atoms with van der Waals surface area (Å²) in [6.45, 7) is 0.0394. The highest BCUT2D eigenvalue weighted by Gasteiger charge is 2.30. The highest BCUT2D eigenvalue weighted by molar-refractivity contribution is 6.37. The van der Waals surface area contributed by atoms with Crippen molar-refractivity contribution in [1.82, 2.24) is 15.0 Å². The van der Waals surface area contributed by atoms with Crippen molar-refractivity contribution in [3.05, 3.63) is 63.4 Å². The third-order valence-electron chi connectivity index (χ3n) is 3.93. The van der Waals surface area contributed by atoms with E-state index in [1.807, 2.05) is 0 Å². The first kappa shape index (κ1) is 20.9. The topological polar surface area (TPSA) is 79.5 Å². The fourth-order valence-electron chi connectivity index (χ4n) is 2.43. The number of benzene rings is 2. The maximum absolute atomic E-state index is 12.6. The van der Waals surface area contributed by atoms with Crippen LogP contribution in [0.2, 0.25) is 10.0 Å². The smallest absolute Gasteiger partial charge is 0.416 e. The maximum atomic E-state index is 12.6. The predicted octanol–water partition coefficient (Wildman–Crippen LogP) is 5.04. The summed E-state index contributed by atoms with van der Waals surface area (Å²) >= 11 is 11.7. The summed E-state index contributed by atoms with van der Waals surface area (Å²) < 4.78 is 42.9. The quantitative estimate of drug-likeness (QED) is 0.608. The minimum Gasteiger partial charge on any atom is -0.505 e. The molecule has 0 saturated carbocycles. The Bertz CT molecular complexity index is 1030. The number of carbonyl (C=O) groups excluding carboxylic acids is 1. The zero-order valence-electron chi connectivity index (χ0n) is 14.7. The van der Waals surface area contributed by atoms with Crippen LogP contribution in [0.3, 0.4) is 0 Å². The molecule has 11 heteroatoms. The number of aromatic hydroxyl groups is 1. The summed E-state index contributed by atoms with van der Waals surface area (Å²) in [5.74, 6) is -1.20. The van der Waals surface area contributed by atoms with Crippen LogP contribution in [0.4, 0.5) is 13.2 Å². The molecule has 1 N–H and O–H groups in total. The van der Waals surface area contributed by atoms with Gasteiger partial charge in [-0.05, 0) is 29.8 Å². The number of hydrogen-bond donors (Lipinski definition) is 1. The number of amides is 1. The number of phenols is 1. The highest BCUT2D eigenvalue weighted by Crippen LogP contribution is 2.36. The van der Waals surface area contributed by atoms with Gasteiger partial charge in [0.2, 0.25) is 0 Å². The van der Waals surface area contributed by atoms with Gasteiger partial charge in [-0.2, -0.15) is 18.2 Å². The molecule has 0 aliphatic rings. The number of hydrogen-bond acceptors (Lipinski definition) is 5. The van der Waals surface area contributed by atoms with Crippen molar-refractivity contribution in [3.8, 4) is 17.2 Å². The molecule has 6 nitrogen and oxygen atoms in total. The molecule has 3 rings (SSSR count). The van der Waals surface area contributed by atoms with Crippen LogP contribution in [0.15, 0.2) is 40.9 Å². The molecule has 0 aliphatic heterocycles. The van der Waals surface area contributed by atoms with E-state index in [1.54, 1.807) is 0 Å². The van der Waals surface area contributed by atoms with E-state index in [4.69, 9.17) is 27.7 Å². The van der Waals surface area contributed by atoms with Crippen LogP contribution < -0.4 is 0 Å². The number of rotatable bonds is 4. The first-order valence-corrected chi connectivity index (χ1v) is 8.75. The van der Waals surface area contributed by atoms with Crippen molar-refractivity contribution in [2.24, 2.45) is 0 Å². The van der Waals surface area contributed by atoms with Crippen molar-refractivity contribution in [3.63, 3.8) is 0 Å². The van der Waals surface area contributed by atoms with Crippen LogP contribution >= 0.6 is 23.2 Å². The van der Waals surface area contributed by atoms with Gasteiger partial charge in [0.25, 0.3) is 17.6 Å². The summed E-state index contributed by atoms with van der Waals surface area (Å²) in [6.07, 6.45) is -4.43. The van der Waals surface area contributed by atoms with Crippen molar-refractivity contribution in [1.29, 1.82) is 0 Å². The maximum Gasteiger partial charge on any atom is 0.416 e. The Morgan fingerprint density at radius 2 is 1.76 bits per heavy atom. The predicted molar refractivity (Wildman–Crippen MR) is 98.7 cm³/mol. The van der Waals surface area contributed by atoms with E-state index in [9.17, 15) is 23.1 Å². The summed E-state index contributed by atoms with van der Waals surface area (Å²) in [5, 5.41) is 13.1. The molecule has 2 aromatic carbocycles. The molecule has 0 saturated heterocycles. The van der Waals surface area contributed by atoms with Crippen LogP contribution in [0, 0.1) is 0 Å². The standard InChI is InChI=1S/C18H12Cl2F3N3O3/c1-26(8-9-2-4-11(5-3-9)18(21,22)23)17(28)15-24-16(29-25-15)10-6-12(19)14(27)13(20)7-10/h2-7,27H,8H2,1H3. The molecular weight excluding hydrogens is 434 g/mol. The van der Waals surface area contributed by atoms with Crippen LogP contribution in [0.5, 0.6) is 5.75 Å². The lowest BCUT2D eigenvalue weighted by atomic mass is 10.1. The van der Waals surface area contributed by atoms with Crippen molar-refractivity contribution < 1.29 is 27.6 Å². The molecule has 152 valence electrons. The zero-order valence-corrected chi connectivity index (χ0v) is 16.2. The van der Waals surface area contributed by atoms with Crippen LogP contribution in [-0.2, 0) is 12.7 Å². The Morgan fingerprint density at radius 1 is 1.17 bits per heavy atom. The number of aromatic nitrogens is 2. The van der Waals surface area contributed by atoms with E-state index in [1.165, 1.54) is 36.2 Å². The lowest BCUT2D eigenvalue weighted by molar-refractivity contribution is -0.137. The minimum atomic E-state index is -4.43. The SMILES string of the molecule is CN(Cc1ccc(C(F)(F)F)cc1)C(=O)c1noc(-c2cc(Cl)c(O)c(Cl)c2)n1. The van der Waals surface area contributed by atoms with Gasteiger partial charge in [-0.25, -0.2) is 0 Å². The van der Waals surface area contributed by atoms with Gasteiger partial charge in [0.15, 0.2) is 5.75 Å². The molecule has 0 fully saturated rings. The third-order valence-corrected chi connectivity index (χ3v) is 4.51. The number of phenolic OH excluding ortho intramolecular Hbond substituents is 1. The Kier molecular flexibility index (Phi) is 5.72. The van der Waals surface area contributed by atoms with Crippen LogP contribution in [0.1, 0.15) is 21.7 Å². The van der Waals surface area contributed by atoms with Crippen molar-refractivity contribution in [2.45, 2.75) is 12.7 Å². The van der Waals surface area contributed by atoms with Gasteiger partial charge in [-0.1, -0.05) is 40.5 Å². The number of alkyl halides is 3. The third kappa shape index (κ3) is 4.63. The van der Waals surface area contributed by atoms with Gasteiger partial charge in [0, 0.05) is 19.2 Å². The Labute approximate surface area is 172 Å². The molecule has 0 bridgehead atoms. The van der Waals surface area contributed by atoms with E-state index in [0.29, 0.717) is 11.1 Å². The summed E-state index contributed by atoms with van der Waals surface area (Å²) in [6, 6.07) is 7.15. The number of carbonyl (C=O) groups is 1. The van der Waals surface area contributed by atoms with Crippen LogP contribution in [0.25, 0.3) is 11.5 Å². The second-order valence-electron chi connectivity index (χ2n) is 6.07. The molecule has 1 amide bonds. The summed E-state index contributed by atoms with van der Waals surface area (Å²) in [5.41, 5.74) is 0.0219. The molecule has 1 heterocycles. The molecule has 0 spiro atoms. The molecule has 29 heavy (non-hydrogen) atoms. The normalized spacial score (nSPS) is 11.5. The molecule has 0 atom stereocenters. The fraction of sp³-hybridized carbons (Fsp3) is 0.167. The van der Waals surface area contributed by atoms with E-state index in [-0.39, 0.29) is 34.1 Å². The first-order chi connectivity index (χ1) is 13.6. The molecule has 3 aromatic rings. The van der Waals surface area contributed by atoms with Crippen molar-refractivity contribution >= 4 is 29.1 Å². The Morgan fingerprint density at radius 3 is 2.31 bits per heavy atom. The van der Waals surface area contributed by atoms with E-state index in [0.717, 1.165) is 12.1 Å². The summed E-state index contributed by atoms with van der Waals surface area (Å²) in [7, 11) is 1.45. The summed E-state index contributed by atoms with van der Waals surface area (Å²) in [4.78, 5) is 17.7. The van der Waals surface area contributed by atoms with Gasteiger partial charge < -0.3 is 14.5 Å². The lowest BCUT2D eigenvalue weighted by Gasteiger charge is -2.15. The Hall–Kier alpha value is -2.78. The minimum absolute atomic E-state index is 0.0296.